The Morgan fingerprint density at radius 3 is 2.19 bits per heavy atom. The van der Waals surface area contributed by atoms with Crippen LogP contribution < -0.4 is 0 Å². The van der Waals surface area contributed by atoms with E-state index in [0.717, 1.165) is 38.7 Å². The third kappa shape index (κ3) is 3.12. The minimum absolute atomic E-state index is 0.148. The first-order valence-electron chi connectivity index (χ1n) is 10.4. The second-order valence-electron chi connectivity index (χ2n) is 7.87. The molecule has 0 unspecified atom stereocenters. The van der Waals surface area contributed by atoms with E-state index in [4.69, 9.17) is 4.74 Å². The van der Waals surface area contributed by atoms with Crippen LogP contribution in [0.2, 0.25) is 0 Å². The number of aromatic nitrogens is 1. The predicted molar refractivity (Wildman–Crippen MR) is 121 cm³/mol. The van der Waals surface area contributed by atoms with Gasteiger partial charge in [-0.05, 0) is 33.9 Å². The summed E-state index contributed by atoms with van der Waals surface area (Å²) in [7, 11) is 1.28. The van der Waals surface area contributed by atoms with Gasteiger partial charge < -0.3 is 14.8 Å². The SMILES string of the molecule is COC(=O)N(C1c2ccccc2-c2ccccc21)[C@@H](Cc1c[nH]c2ccccc12)C(=O)O. The highest BCUT2D eigenvalue weighted by atomic mass is 16.5. The van der Waals surface area contributed by atoms with Crippen molar-refractivity contribution in [3.8, 4) is 11.1 Å². The molecule has 1 heterocycles. The number of carboxylic acid groups (broad SMARTS) is 1. The molecular weight excluding hydrogens is 404 g/mol. The Morgan fingerprint density at radius 2 is 1.56 bits per heavy atom. The smallest absolute Gasteiger partial charge is 0.411 e. The molecule has 1 amide bonds. The topological polar surface area (TPSA) is 82.6 Å². The van der Waals surface area contributed by atoms with Crippen molar-refractivity contribution in [2.24, 2.45) is 0 Å². The Labute approximate surface area is 185 Å². The number of amides is 1. The Bertz CT molecular complexity index is 1280. The molecule has 5 rings (SSSR count). The zero-order chi connectivity index (χ0) is 22.2. The lowest BCUT2D eigenvalue weighted by Gasteiger charge is -2.34. The highest BCUT2D eigenvalue weighted by molar-refractivity contribution is 5.87. The molecule has 0 radical (unpaired) electrons. The number of nitrogens with one attached hydrogen (secondary N) is 1. The number of hydrogen-bond donors (Lipinski definition) is 2. The molecule has 1 aliphatic rings. The molecule has 160 valence electrons. The number of fused-ring (bicyclic) bond motifs is 4. The van der Waals surface area contributed by atoms with E-state index < -0.39 is 24.1 Å². The normalized spacial score (nSPS) is 13.4. The fourth-order valence-electron chi connectivity index (χ4n) is 4.76. The van der Waals surface area contributed by atoms with Crippen LogP contribution in [0.5, 0.6) is 0 Å². The van der Waals surface area contributed by atoms with Gasteiger partial charge in [0.15, 0.2) is 0 Å². The van der Waals surface area contributed by atoms with Gasteiger partial charge in [0, 0.05) is 23.5 Å². The average molecular weight is 426 g/mol. The third-order valence-electron chi connectivity index (χ3n) is 6.17. The van der Waals surface area contributed by atoms with Gasteiger partial charge in [0.2, 0.25) is 0 Å². The van der Waals surface area contributed by atoms with Gasteiger partial charge in [-0.25, -0.2) is 9.59 Å². The maximum atomic E-state index is 13.1. The fraction of sp³-hybridized carbons (Fsp3) is 0.154. The summed E-state index contributed by atoms with van der Waals surface area (Å²) in [4.78, 5) is 30.2. The molecule has 0 saturated heterocycles. The molecule has 32 heavy (non-hydrogen) atoms. The number of benzene rings is 3. The number of carboxylic acids is 1. The summed E-state index contributed by atoms with van der Waals surface area (Å²) in [6, 6.07) is 21.6. The number of aromatic amines is 1. The fourth-order valence-corrected chi connectivity index (χ4v) is 4.76. The molecule has 0 aliphatic heterocycles. The molecule has 0 fully saturated rings. The van der Waals surface area contributed by atoms with Crippen molar-refractivity contribution in [3.05, 3.63) is 95.7 Å². The Hall–Kier alpha value is -4.06. The first-order valence-corrected chi connectivity index (χ1v) is 10.4. The van der Waals surface area contributed by atoms with E-state index in [2.05, 4.69) is 4.98 Å². The number of para-hydroxylation sites is 1. The maximum absolute atomic E-state index is 13.1. The van der Waals surface area contributed by atoms with Crippen LogP contribution in [-0.4, -0.2) is 40.2 Å². The van der Waals surface area contributed by atoms with Crippen LogP contribution in [0, 0.1) is 0 Å². The zero-order valence-electron chi connectivity index (χ0n) is 17.5. The molecule has 0 spiro atoms. The Kier molecular flexibility index (Phi) is 4.90. The maximum Gasteiger partial charge on any atom is 0.411 e. The summed E-state index contributed by atoms with van der Waals surface area (Å²) in [6.07, 6.45) is 1.29. The minimum Gasteiger partial charge on any atom is -0.480 e. The molecule has 0 saturated carbocycles. The number of nitrogens with zero attached hydrogens (tertiary/aromatic N) is 1. The highest BCUT2D eigenvalue weighted by Crippen LogP contribution is 2.47. The molecule has 0 bridgehead atoms. The number of hydrogen-bond acceptors (Lipinski definition) is 3. The van der Waals surface area contributed by atoms with Crippen LogP contribution in [0.1, 0.15) is 22.7 Å². The van der Waals surface area contributed by atoms with E-state index in [9.17, 15) is 14.7 Å². The van der Waals surface area contributed by atoms with Crippen molar-refractivity contribution in [3.63, 3.8) is 0 Å². The van der Waals surface area contributed by atoms with E-state index in [-0.39, 0.29) is 6.42 Å². The standard InChI is InChI=1S/C26H22N2O4/c1-32-26(31)28(23(25(29)30)14-16-15-27-22-13-7-6-8-17(16)22)24-20-11-4-2-9-18(20)19-10-3-5-12-21(19)24/h2-13,15,23-24,27H,14H2,1H3,(H,29,30)/t23-/m0/s1. The Morgan fingerprint density at radius 1 is 0.969 bits per heavy atom. The molecule has 3 aromatic carbocycles. The summed E-state index contributed by atoms with van der Waals surface area (Å²) >= 11 is 0. The molecule has 1 atom stereocenters. The molecule has 6 nitrogen and oxygen atoms in total. The van der Waals surface area contributed by atoms with Gasteiger partial charge in [0.05, 0.1) is 13.2 Å². The summed E-state index contributed by atoms with van der Waals surface area (Å²) in [5.41, 5.74) is 5.54. The van der Waals surface area contributed by atoms with Crippen molar-refractivity contribution >= 4 is 23.0 Å². The van der Waals surface area contributed by atoms with E-state index >= 15 is 0 Å². The van der Waals surface area contributed by atoms with Crippen molar-refractivity contribution < 1.29 is 19.4 Å². The van der Waals surface area contributed by atoms with Gasteiger partial charge in [-0.15, -0.1) is 0 Å². The molecule has 4 aromatic rings. The largest absolute Gasteiger partial charge is 0.480 e. The quantitative estimate of drug-likeness (QED) is 0.470. The van der Waals surface area contributed by atoms with Gasteiger partial charge >= 0.3 is 12.1 Å². The van der Waals surface area contributed by atoms with E-state index in [1.807, 2.05) is 79.0 Å². The number of carbonyl (C=O) groups is 2. The molecule has 1 aromatic heterocycles. The summed E-state index contributed by atoms with van der Waals surface area (Å²) in [5, 5.41) is 11.2. The minimum atomic E-state index is -1.12. The number of methoxy groups -OCH3 is 1. The zero-order valence-corrected chi connectivity index (χ0v) is 17.5. The summed E-state index contributed by atoms with van der Waals surface area (Å²) in [6.45, 7) is 0. The third-order valence-corrected chi connectivity index (χ3v) is 6.17. The van der Waals surface area contributed by atoms with E-state index in [1.54, 1.807) is 0 Å². The molecule has 6 heteroatoms. The Balaban J connectivity index is 1.64. The van der Waals surface area contributed by atoms with Crippen LogP contribution >= 0.6 is 0 Å². The van der Waals surface area contributed by atoms with Crippen molar-refractivity contribution in [1.82, 2.24) is 9.88 Å². The lowest BCUT2D eigenvalue weighted by atomic mass is 9.98. The molecule has 2 N–H and O–H groups in total. The highest BCUT2D eigenvalue weighted by Gasteiger charge is 2.42. The lowest BCUT2D eigenvalue weighted by Crippen LogP contribution is -2.48. The van der Waals surface area contributed by atoms with Gasteiger partial charge in [-0.2, -0.15) is 0 Å². The number of aliphatic carboxylic acids is 1. The number of carbonyl (C=O) groups excluding carboxylic acids is 1. The molecular formula is C26H22N2O4. The van der Waals surface area contributed by atoms with E-state index in [0.29, 0.717) is 0 Å². The van der Waals surface area contributed by atoms with Gasteiger partial charge in [-0.3, -0.25) is 4.90 Å². The molecule has 1 aliphatic carbocycles. The lowest BCUT2D eigenvalue weighted by molar-refractivity contribution is -0.143. The van der Waals surface area contributed by atoms with E-state index in [1.165, 1.54) is 12.0 Å². The average Bonchev–Trinajstić information content (AvgIpc) is 3.38. The van der Waals surface area contributed by atoms with Crippen LogP contribution in [0.4, 0.5) is 4.79 Å². The van der Waals surface area contributed by atoms with Crippen LogP contribution in [-0.2, 0) is 16.0 Å². The number of rotatable bonds is 5. The predicted octanol–water partition coefficient (Wildman–Crippen LogP) is 5.00. The first kappa shape index (κ1) is 19.9. The van der Waals surface area contributed by atoms with Gasteiger partial charge in [-0.1, -0.05) is 66.7 Å². The number of H-pyrrole nitrogens is 1. The monoisotopic (exact) mass is 426 g/mol. The summed E-state index contributed by atoms with van der Waals surface area (Å²) in [5.74, 6) is -1.08. The first-order chi connectivity index (χ1) is 15.6. The second kappa shape index (κ2) is 7.89. The van der Waals surface area contributed by atoms with Crippen LogP contribution in [0.15, 0.2) is 79.0 Å². The van der Waals surface area contributed by atoms with Gasteiger partial charge in [0.1, 0.15) is 6.04 Å². The van der Waals surface area contributed by atoms with Crippen LogP contribution in [0.3, 0.4) is 0 Å². The van der Waals surface area contributed by atoms with Crippen LogP contribution in [0.25, 0.3) is 22.0 Å². The van der Waals surface area contributed by atoms with Crippen molar-refractivity contribution in [1.29, 1.82) is 0 Å². The van der Waals surface area contributed by atoms with Crippen molar-refractivity contribution in [2.45, 2.75) is 18.5 Å². The van der Waals surface area contributed by atoms with Crippen molar-refractivity contribution in [2.75, 3.05) is 7.11 Å². The second-order valence-corrected chi connectivity index (χ2v) is 7.87. The summed E-state index contributed by atoms with van der Waals surface area (Å²) < 4.78 is 5.11. The van der Waals surface area contributed by atoms with Gasteiger partial charge in [0.25, 0.3) is 0 Å². The number of ether oxygens (including phenoxy) is 1.